The van der Waals surface area contributed by atoms with E-state index in [9.17, 15) is 0 Å². The van der Waals surface area contributed by atoms with Crippen LogP contribution in [-0.2, 0) is 0 Å². The minimum atomic E-state index is -4.90. The van der Waals surface area contributed by atoms with E-state index in [4.69, 9.17) is 50.8 Å². The molecule has 0 N–H and O–H groups in total. The number of halogens is 1. The molecule has 0 aliphatic carbocycles. The summed E-state index contributed by atoms with van der Waals surface area (Å²) < 4.78 is 91.0. The normalized spacial score (nSPS) is 18.6. The van der Waals surface area contributed by atoms with Crippen LogP contribution in [0.25, 0.3) is 0 Å². The standard InChI is InChI=1S/C35H35FN3O10P3/c1-40-26-18-20-27(21-19-26)46-51(47-33-15-7-11-29(23-33)42-3)37-50(36,45-32-14-6-10-28(22-32)41-2)38-52(39-51,48-34-16-8-12-30(24-34)43-4)49-35-17-9-13-31(25-35)44-5/h6-25H,1-5H3. The molecule has 2 unspecified atom stereocenters. The Labute approximate surface area is 300 Å². The van der Waals surface area contributed by atoms with Gasteiger partial charge in [0.2, 0.25) is 0 Å². The van der Waals surface area contributed by atoms with E-state index in [1.54, 1.807) is 115 Å². The maximum atomic E-state index is 17.9. The Bertz CT molecular complexity index is 2150. The molecule has 0 spiro atoms. The minimum Gasteiger partial charge on any atom is -0.497 e. The minimum absolute atomic E-state index is 0.0642. The van der Waals surface area contributed by atoms with Crippen LogP contribution in [0.15, 0.2) is 135 Å². The zero-order chi connectivity index (χ0) is 36.6. The van der Waals surface area contributed by atoms with Crippen LogP contribution in [0, 0.1) is 0 Å². The third-order valence-corrected chi connectivity index (χ3v) is 14.6. The van der Waals surface area contributed by atoms with E-state index in [2.05, 4.69) is 9.03 Å². The van der Waals surface area contributed by atoms with Gasteiger partial charge >= 0.3 is 23.1 Å². The zero-order valence-electron chi connectivity index (χ0n) is 28.7. The van der Waals surface area contributed by atoms with E-state index in [0.29, 0.717) is 28.7 Å². The summed E-state index contributed by atoms with van der Waals surface area (Å²) in [5.41, 5.74) is 0. The smallest absolute Gasteiger partial charge is 0.460 e. The Morgan fingerprint density at radius 2 is 0.654 bits per heavy atom. The summed E-state index contributed by atoms with van der Waals surface area (Å²) >= 11 is 0. The Kier molecular flexibility index (Phi) is 11.2. The Morgan fingerprint density at radius 1 is 0.346 bits per heavy atom. The summed E-state index contributed by atoms with van der Waals surface area (Å²) in [4.78, 5) is 0. The van der Waals surface area contributed by atoms with Crippen LogP contribution in [-0.4, -0.2) is 35.5 Å². The Morgan fingerprint density at radius 3 is 1.04 bits per heavy atom. The topological polar surface area (TPSA) is 129 Å². The van der Waals surface area contributed by atoms with Gasteiger partial charge in [-0.05, 0) is 72.8 Å². The molecule has 0 aromatic heterocycles. The summed E-state index contributed by atoms with van der Waals surface area (Å²) in [6, 6.07) is 32.8. The van der Waals surface area contributed by atoms with Gasteiger partial charge in [-0.15, -0.1) is 13.2 Å². The summed E-state index contributed by atoms with van der Waals surface area (Å²) in [5, 5.41) is 0. The molecule has 0 bridgehead atoms. The van der Waals surface area contributed by atoms with Crippen molar-refractivity contribution in [1.29, 1.82) is 0 Å². The summed E-state index contributed by atoms with van der Waals surface area (Å²) in [7, 11) is -5.94. The first kappa shape index (κ1) is 36.5. The second-order valence-corrected chi connectivity index (χ2v) is 16.5. The molecule has 0 amide bonds. The van der Waals surface area contributed by atoms with Gasteiger partial charge in [-0.25, -0.2) is 0 Å². The van der Waals surface area contributed by atoms with E-state index >= 15 is 4.20 Å². The molecule has 272 valence electrons. The lowest BCUT2D eigenvalue weighted by atomic mass is 10.3. The van der Waals surface area contributed by atoms with Gasteiger partial charge < -0.3 is 46.3 Å². The lowest BCUT2D eigenvalue weighted by Gasteiger charge is -2.31. The molecule has 5 aromatic carbocycles. The molecular formula is C35H35FN3O10P3. The van der Waals surface area contributed by atoms with Gasteiger partial charge in [0.1, 0.15) is 57.5 Å². The first-order valence-corrected chi connectivity index (χ1v) is 20.0. The molecule has 52 heavy (non-hydrogen) atoms. The highest BCUT2D eigenvalue weighted by atomic mass is 31.3. The summed E-state index contributed by atoms with van der Waals surface area (Å²) in [6.07, 6.45) is 0. The molecular weight excluding hydrogens is 734 g/mol. The fourth-order valence-corrected chi connectivity index (χ4v) is 12.9. The third kappa shape index (κ3) is 8.95. The number of benzene rings is 5. The second kappa shape index (κ2) is 15.9. The van der Waals surface area contributed by atoms with Gasteiger partial charge in [0.25, 0.3) is 0 Å². The van der Waals surface area contributed by atoms with Gasteiger partial charge in [0, 0.05) is 24.3 Å². The predicted molar refractivity (Wildman–Crippen MR) is 197 cm³/mol. The van der Waals surface area contributed by atoms with Crippen molar-refractivity contribution in [1.82, 2.24) is 0 Å². The van der Waals surface area contributed by atoms with Gasteiger partial charge in [0.05, 0.1) is 35.5 Å². The molecule has 1 heterocycles. The molecule has 5 aromatic rings. The van der Waals surface area contributed by atoms with Crippen molar-refractivity contribution < 1.29 is 50.5 Å². The third-order valence-electron chi connectivity index (χ3n) is 7.02. The van der Waals surface area contributed by atoms with Crippen molar-refractivity contribution >= 4 is 23.1 Å². The predicted octanol–water partition coefficient (Wildman–Crippen LogP) is 11.2. The van der Waals surface area contributed by atoms with Crippen LogP contribution < -0.4 is 46.3 Å². The molecule has 0 saturated carbocycles. The number of ether oxygens (including phenoxy) is 5. The van der Waals surface area contributed by atoms with Crippen molar-refractivity contribution in [3.8, 4) is 57.5 Å². The number of hydrogen-bond acceptors (Lipinski definition) is 13. The van der Waals surface area contributed by atoms with Crippen molar-refractivity contribution in [3.05, 3.63) is 121 Å². The molecule has 2 atom stereocenters. The van der Waals surface area contributed by atoms with Crippen LogP contribution in [0.1, 0.15) is 0 Å². The first-order chi connectivity index (χ1) is 25.2. The SMILES string of the molecule is COc1ccc(OP2(Oc3cccc(OC)c3)=NP(Oc3cccc(OC)c3)(Oc3cccc(OC)c3)=NP(F)(Oc3cccc(OC)c3)=N2)cc1. The van der Waals surface area contributed by atoms with E-state index in [0.717, 1.165) is 0 Å². The largest absolute Gasteiger partial charge is 0.497 e. The molecule has 17 heteroatoms. The lowest BCUT2D eigenvalue weighted by molar-refractivity contribution is 0.407. The molecule has 0 fully saturated rings. The van der Waals surface area contributed by atoms with Crippen molar-refractivity contribution in [2.45, 2.75) is 0 Å². The second-order valence-electron chi connectivity index (χ2n) is 10.6. The highest BCUT2D eigenvalue weighted by Gasteiger charge is 2.47. The molecule has 1 aliphatic heterocycles. The molecule has 1 aliphatic rings. The molecule has 6 rings (SSSR count). The average Bonchev–Trinajstić information content (AvgIpc) is 3.14. The van der Waals surface area contributed by atoms with E-state index in [-0.39, 0.29) is 28.7 Å². The van der Waals surface area contributed by atoms with Crippen LogP contribution in [0.3, 0.4) is 0 Å². The molecule has 13 nitrogen and oxygen atoms in total. The Hall–Kier alpha value is -5.28. The lowest BCUT2D eigenvalue weighted by Crippen LogP contribution is -2.08. The highest BCUT2D eigenvalue weighted by Crippen LogP contribution is 2.79. The number of nitrogens with zero attached hydrogens (tertiary/aromatic N) is 3. The fourth-order valence-electron chi connectivity index (χ4n) is 4.65. The number of hydrogen-bond donors (Lipinski definition) is 0. The first-order valence-electron chi connectivity index (χ1n) is 15.5. The molecule has 0 radical (unpaired) electrons. The van der Waals surface area contributed by atoms with Crippen LogP contribution in [0.4, 0.5) is 4.20 Å². The van der Waals surface area contributed by atoms with Gasteiger partial charge in [-0.2, -0.15) is 0 Å². The van der Waals surface area contributed by atoms with Crippen molar-refractivity contribution in [2.75, 3.05) is 35.5 Å². The molecule has 0 saturated heterocycles. The van der Waals surface area contributed by atoms with Crippen LogP contribution >= 0.6 is 23.1 Å². The summed E-state index contributed by atoms with van der Waals surface area (Å²) in [6.45, 7) is 0. The van der Waals surface area contributed by atoms with Crippen molar-refractivity contribution in [3.63, 3.8) is 0 Å². The monoisotopic (exact) mass is 769 g/mol. The van der Waals surface area contributed by atoms with E-state index in [1.807, 2.05) is 0 Å². The maximum absolute atomic E-state index is 17.9. The highest BCUT2D eigenvalue weighted by molar-refractivity contribution is 7.78. The van der Waals surface area contributed by atoms with Crippen LogP contribution in [0.2, 0.25) is 0 Å². The fraction of sp³-hybridized carbons (Fsp3) is 0.143. The maximum Gasteiger partial charge on any atom is 0.460 e. The van der Waals surface area contributed by atoms with E-state index < -0.39 is 23.1 Å². The number of rotatable bonds is 15. The number of methoxy groups -OCH3 is 5. The Balaban J connectivity index is 1.65. The summed E-state index contributed by atoms with van der Waals surface area (Å²) in [5.74, 6) is 3.21. The van der Waals surface area contributed by atoms with Crippen LogP contribution in [0.5, 0.6) is 57.5 Å². The van der Waals surface area contributed by atoms with Gasteiger partial charge in [-0.1, -0.05) is 28.8 Å². The zero-order valence-corrected chi connectivity index (χ0v) is 31.4. The van der Waals surface area contributed by atoms with Crippen molar-refractivity contribution in [2.24, 2.45) is 13.5 Å². The van der Waals surface area contributed by atoms with Gasteiger partial charge in [-0.3, -0.25) is 0 Å². The average molecular weight is 770 g/mol. The quantitative estimate of drug-likeness (QED) is 0.0948. The van der Waals surface area contributed by atoms with E-state index in [1.165, 1.54) is 41.6 Å². The van der Waals surface area contributed by atoms with Gasteiger partial charge in [0.15, 0.2) is 0 Å².